The largest absolute Gasteiger partial charge is 0.356 e. The van der Waals surface area contributed by atoms with Crippen molar-refractivity contribution in [3.63, 3.8) is 0 Å². The van der Waals surface area contributed by atoms with E-state index in [1.165, 1.54) is 11.1 Å². The first-order chi connectivity index (χ1) is 9.36. The molecule has 0 radical (unpaired) electrons. The number of pyridine rings is 1. The highest BCUT2D eigenvalue weighted by atomic mass is 15.2. The fraction of sp³-hybridized carbons (Fsp3) is 0.312. The molecule has 2 heterocycles. The summed E-state index contributed by atoms with van der Waals surface area (Å²) in [5, 5.41) is 0. The van der Waals surface area contributed by atoms with Crippen LogP contribution in [0.25, 0.3) is 0 Å². The van der Waals surface area contributed by atoms with Gasteiger partial charge in [-0.1, -0.05) is 30.3 Å². The van der Waals surface area contributed by atoms with E-state index in [4.69, 9.17) is 5.73 Å². The van der Waals surface area contributed by atoms with Crippen molar-refractivity contribution in [3.05, 3.63) is 59.3 Å². The van der Waals surface area contributed by atoms with Gasteiger partial charge in [0, 0.05) is 25.8 Å². The van der Waals surface area contributed by atoms with Gasteiger partial charge in [0.2, 0.25) is 0 Å². The molecule has 3 nitrogen and oxygen atoms in total. The minimum atomic E-state index is 0.554. The molecule has 19 heavy (non-hydrogen) atoms. The Hall–Kier alpha value is -1.87. The van der Waals surface area contributed by atoms with Gasteiger partial charge in [0.05, 0.1) is 0 Å². The van der Waals surface area contributed by atoms with Crippen molar-refractivity contribution in [1.82, 2.24) is 4.98 Å². The number of fused-ring (bicyclic) bond motifs is 1. The Balaban J connectivity index is 1.77. The minimum absolute atomic E-state index is 0.554. The average Bonchev–Trinajstić information content (AvgIpc) is 2.70. The first-order valence-corrected chi connectivity index (χ1v) is 6.83. The van der Waals surface area contributed by atoms with Crippen LogP contribution in [-0.4, -0.2) is 18.1 Å². The van der Waals surface area contributed by atoms with E-state index in [2.05, 4.69) is 46.3 Å². The van der Waals surface area contributed by atoms with Crippen molar-refractivity contribution in [2.75, 3.05) is 18.0 Å². The zero-order chi connectivity index (χ0) is 13.1. The normalized spacial score (nSPS) is 14.9. The molecule has 0 unspecified atom stereocenters. The molecule has 0 aliphatic carbocycles. The van der Waals surface area contributed by atoms with Gasteiger partial charge in [-0.25, -0.2) is 4.98 Å². The molecule has 0 fully saturated rings. The molecule has 0 saturated carbocycles. The number of benzene rings is 1. The predicted octanol–water partition coefficient (Wildman–Crippen LogP) is 2.15. The zero-order valence-corrected chi connectivity index (χ0v) is 11.0. The molecule has 0 atom stereocenters. The molecule has 2 aromatic rings. The van der Waals surface area contributed by atoms with Gasteiger partial charge in [-0.15, -0.1) is 0 Å². The van der Waals surface area contributed by atoms with Crippen LogP contribution in [0.5, 0.6) is 0 Å². The Morgan fingerprint density at radius 3 is 2.21 bits per heavy atom. The van der Waals surface area contributed by atoms with Gasteiger partial charge in [0.15, 0.2) is 0 Å². The molecule has 1 aromatic heterocycles. The summed E-state index contributed by atoms with van der Waals surface area (Å²) in [7, 11) is 0. The highest BCUT2D eigenvalue weighted by molar-refractivity contribution is 5.42. The van der Waals surface area contributed by atoms with Gasteiger partial charge in [0.25, 0.3) is 0 Å². The quantitative estimate of drug-likeness (QED) is 0.891. The number of nitrogens with two attached hydrogens (primary N) is 1. The number of aromatic nitrogens is 1. The Kier molecular flexibility index (Phi) is 3.47. The zero-order valence-electron chi connectivity index (χ0n) is 11.0. The van der Waals surface area contributed by atoms with Crippen LogP contribution >= 0.6 is 0 Å². The Labute approximate surface area is 114 Å². The molecule has 3 rings (SSSR count). The molecule has 3 heteroatoms. The lowest BCUT2D eigenvalue weighted by Crippen LogP contribution is -2.26. The van der Waals surface area contributed by atoms with Crippen LogP contribution in [0, 0.1) is 0 Å². The molecule has 1 aliphatic rings. The Morgan fingerprint density at radius 2 is 1.68 bits per heavy atom. The maximum Gasteiger partial charge on any atom is 0.128 e. The molecule has 98 valence electrons. The lowest BCUT2D eigenvalue weighted by Gasteiger charge is -2.21. The number of nitrogens with zero attached hydrogens (tertiary/aromatic N) is 2. The van der Waals surface area contributed by atoms with Crippen molar-refractivity contribution in [2.24, 2.45) is 5.73 Å². The molecular formula is C16H19N3. The maximum absolute atomic E-state index is 5.61. The highest BCUT2D eigenvalue weighted by Crippen LogP contribution is 2.19. The summed E-state index contributed by atoms with van der Waals surface area (Å²) < 4.78 is 0. The summed E-state index contributed by atoms with van der Waals surface area (Å²) >= 11 is 0. The van der Waals surface area contributed by atoms with E-state index in [0.29, 0.717) is 6.54 Å². The topological polar surface area (TPSA) is 42.1 Å². The monoisotopic (exact) mass is 253 g/mol. The summed E-state index contributed by atoms with van der Waals surface area (Å²) in [6.07, 6.45) is 4.07. The second-order valence-corrected chi connectivity index (χ2v) is 4.98. The third-order valence-electron chi connectivity index (χ3n) is 3.79. The van der Waals surface area contributed by atoms with Crippen LogP contribution in [-0.2, 0) is 19.4 Å². The lowest BCUT2D eigenvalue weighted by molar-refractivity contribution is 0.789. The van der Waals surface area contributed by atoms with Crippen molar-refractivity contribution >= 4 is 5.82 Å². The van der Waals surface area contributed by atoms with E-state index in [9.17, 15) is 0 Å². The van der Waals surface area contributed by atoms with E-state index in [-0.39, 0.29) is 0 Å². The van der Waals surface area contributed by atoms with E-state index in [1.807, 2.05) is 6.20 Å². The van der Waals surface area contributed by atoms with Crippen molar-refractivity contribution in [3.8, 4) is 0 Å². The number of hydrogen-bond acceptors (Lipinski definition) is 3. The molecule has 1 aromatic carbocycles. The Morgan fingerprint density at radius 1 is 1.00 bits per heavy atom. The van der Waals surface area contributed by atoms with Gasteiger partial charge >= 0.3 is 0 Å². The second-order valence-electron chi connectivity index (χ2n) is 4.98. The van der Waals surface area contributed by atoms with Crippen molar-refractivity contribution in [2.45, 2.75) is 19.4 Å². The van der Waals surface area contributed by atoms with Gasteiger partial charge in [-0.3, -0.25) is 0 Å². The molecular weight excluding hydrogens is 234 g/mol. The number of rotatable bonds is 2. The second kappa shape index (κ2) is 5.41. The predicted molar refractivity (Wildman–Crippen MR) is 78.2 cm³/mol. The van der Waals surface area contributed by atoms with Crippen LogP contribution in [0.1, 0.15) is 16.7 Å². The van der Waals surface area contributed by atoms with Crippen LogP contribution in [0.2, 0.25) is 0 Å². The van der Waals surface area contributed by atoms with Crippen LogP contribution in [0.3, 0.4) is 0 Å². The van der Waals surface area contributed by atoms with E-state index >= 15 is 0 Å². The van der Waals surface area contributed by atoms with Crippen molar-refractivity contribution in [1.29, 1.82) is 0 Å². The van der Waals surface area contributed by atoms with Gasteiger partial charge in [-0.05, 0) is 35.6 Å². The summed E-state index contributed by atoms with van der Waals surface area (Å²) in [4.78, 5) is 6.88. The molecule has 1 aliphatic heterocycles. The summed E-state index contributed by atoms with van der Waals surface area (Å²) in [5.74, 6) is 1.06. The molecule has 0 spiro atoms. The summed E-state index contributed by atoms with van der Waals surface area (Å²) in [5.41, 5.74) is 9.64. The highest BCUT2D eigenvalue weighted by Gasteiger charge is 2.14. The number of hydrogen-bond donors (Lipinski definition) is 1. The first kappa shape index (κ1) is 12.2. The lowest BCUT2D eigenvalue weighted by atomic mass is 10.0. The molecule has 0 bridgehead atoms. The fourth-order valence-electron chi connectivity index (χ4n) is 2.62. The summed E-state index contributed by atoms with van der Waals surface area (Å²) in [6.45, 7) is 2.62. The van der Waals surface area contributed by atoms with Crippen molar-refractivity contribution < 1.29 is 0 Å². The fourth-order valence-corrected chi connectivity index (χ4v) is 2.62. The smallest absolute Gasteiger partial charge is 0.128 e. The average molecular weight is 253 g/mol. The van der Waals surface area contributed by atoms with Gasteiger partial charge < -0.3 is 10.6 Å². The third kappa shape index (κ3) is 2.61. The number of anilines is 1. The molecule has 0 amide bonds. The van der Waals surface area contributed by atoms with Crippen LogP contribution < -0.4 is 10.6 Å². The Bertz CT molecular complexity index is 521. The first-order valence-electron chi connectivity index (χ1n) is 6.83. The standard InChI is InChI=1S/C16H19N3/c17-11-13-5-6-16(18-12-13)19-9-7-14-3-1-2-4-15(14)8-10-19/h1-6,12H,7-11,17H2. The van der Waals surface area contributed by atoms with E-state index < -0.39 is 0 Å². The SMILES string of the molecule is NCc1ccc(N2CCc3ccccc3CC2)nc1. The maximum atomic E-state index is 5.61. The molecule has 2 N–H and O–H groups in total. The van der Waals surface area contributed by atoms with Gasteiger partial charge in [0.1, 0.15) is 5.82 Å². The van der Waals surface area contributed by atoms with E-state index in [0.717, 1.165) is 37.3 Å². The minimum Gasteiger partial charge on any atom is -0.356 e. The van der Waals surface area contributed by atoms with Crippen LogP contribution in [0.4, 0.5) is 5.82 Å². The van der Waals surface area contributed by atoms with Gasteiger partial charge in [-0.2, -0.15) is 0 Å². The van der Waals surface area contributed by atoms with Crippen LogP contribution in [0.15, 0.2) is 42.6 Å². The summed E-state index contributed by atoms with van der Waals surface area (Å²) in [6, 6.07) is 12.9. The van der Waals surface area contributed by atoms with E-state index in [1.54, 1.807) is 0 Å². The third-order valence-corrected chi connectivity index (χ3v) is 3.79. The molecule has 0 saturated heterocycles.